The first-order chi connectivity index (χ1) is 9.16. The molecule has 0 spiro atoms. The molecule has 2 bridgehead atoms. The molecule has 100 valence electrons. The van der Waals surface area contributed by atoms with Crippen LogP contribution in [0, 0.1) is 23.7 Å². The van der Waals surface area contributed by atoms with E-state index in [4.69, 9.17) is 0 Å². The van der Waals surface area contributed by atoms with Crippen LogP contribution in [0.1, 0.15) is 12.2 Å². The van der Waals surface area contributed by atoms with Crippen molar-refractivity contribution >= 4 is 11.9 Å². The Balaban J connectivity index is 1.68. The van der Waals surface area contributed by atoms with Gasteiger partial charge in [0.05, 0.1) is 18.4 Å². The van der Waals surface area contributed by atoms with Gasteiger partial charge in [-0.3, -0.25) is 9.59 Å². The highest BCUT2D eigenvalue weighted by Crippen LogP contribution is 2.48. The van der Waals surface area contributed by atoms with Crippen LogP contribution in [0.5, 0.6) is 0 Å². The van der Waals surface area contributed by atoms with Gasteiger partial charge in [-0.2, -0.15) is 4.98 Å². The number of aromatic nitrogens is 2. The predicted molar refractivity (Wildman–Crippen MR) is 61.5 cm³/mol. The lowest BCUT2D eigenvalue weighted by Gasteiger charge is -2.23. The predicted octanol–water partition coefficient (Wildman–Crippen LogP) is 0.209. The maximum Gasteiger partial charge on any atom is 0.307 e. The van der Waals surface area contributed by atoms with Gasteiger partial charge in [0.15, 0.2) is 5.82 Å². The molecule has 1 heterocycles. The van der Waals surface area contributed by atoms with Crippen LogP contribution in [0.25, 0.3) is 0 Å². The second-order valence-corrected chi connectivity index (χ2v) is 4.90. The standard InChI is InChI=1S/C12H13N3O4/c16-11(13-4-8-14-5-19-15-8)9-6-1-2-7(3-6)10(9)12(17)18/h1-2,5-7,9-10H,3-4H2,(H,13,16)(H,17,18). The fourth-order valence-electron chi connectivity index (χ4n) is 3.07. The Hall–Kier alpha value is -2.18. The van der Waals surface area contributed by atoms with Crippen LogP contribution in [0.15, 0.2) is 23.1 Å². The summed E-state index contributed by atoms with van der Waals surface area (Å²) in [5, 5.41) is 15.5. The molecule has 0 saturated heterocycles. The molecular formula is C12H13N3O4. The van der Waals surface area contributed by atoms with Gasteiger partial charge in [0, 0.05) is 0 Å². The van der Waals surface area contributed by atoms with Crippen molar-refractivity contribution in [3.63, 3.8) is 0 Å². The van der Waals surface area contributed by atoms with Crippen molar-refractivity contribution in [2.24, 2.45) is 23.7 Å². The number of hydrogen-bond donors (Lipinski definition) is 2. The Labute approximate surface area is 108 Å². The second kappa shape index (κ2) is 4.49. The van der Waals surface area contributed by atoms with Gasteiger partial charge in [-0.25, -0.2) is 0 Å². The third-order valence-corrected chi connectivity index (χ3v) is 3.87. The van der Waals surface area contributed by atoms with E-state index in [1.165, 1.54) is 6.39 Å². The van der Waals surface area contributed by atoms with Gasteiger partial charge in [-0.15, -0.1) is 0 Å². The maximum absolute atomic E-state index is 12.2. The molecule has 2 aliphatic carbocycles. The van der Waals surface area contributed by atoms with Crippen LogP contribution in [-0.2, 0) is 16.1 Å². The number of nitrogens with one attached hydrogen (secondary N) is 1. The zero-order valence-electron chi connectivity index (χ0n) is 10.0. The highest BCUT2D eigenvalue weighted by molar-refractivity contribution is 5.86. The minimum absolute atomic E-state index is 0.0244. The lowest BCUT2D eigenvalue weighted by atomic mass is 9.82. The number of fused-ring (bicyclic) bond motifs is 2. The Morgan fingerprint density at radius 1 is 1.37 bits per heavy atom. The molecule has 1 aromatic rings. The first-order valence-electron chi connectivity index (χ1n) is 6.11. The number of allylic oxidation sites excluding steroid dienone is 2. The number of carbonyl (C=O) groups is 2. The summed E-state index contributed by atoms with van der Waals surface area (Å²) in [6.07, 6.45) is 5.79. The zero-order valence-corrected chi connectivity index (χ0v) is 10.0. The van der Waals surface area contributed by atoms with Crippen LogP contribution in [0.4, 0.5) is 0 Å². The summed E-state index contributed by atoms with van der Waals surface area (Å²) in [6, 6.07) is 0. The summed E-state index contributed by atoms with van der Waals surface area (Å²) in [7, 11) is 0. The Morgan fingerprint density at radius 2 is 2.11 bits per heavy atom. The molecule has 0 radical (unpaired) electrons. The summed E-state index contributed by atoms with van der Waals surface area (Å²) < 4.78 is 4.56. The maximum atomic E-state index is 12.2. The summed E-state index contributed by atoms with van der Waals surface area (Å²) in [5.41, 5.74) is 0. The fraction of sp³-hybridized carbons (Fsp3) is 0.500. The molecular weight excluding hydrogens is 250 g/mol. The van der Waals surface area contributed by atoms with Crippen LogP contribution >= 0.6 is 0 Å². The monoisotopic (exact) mass is 263 g/mol. The molecule has 7 nitrogen and oxygen atoms in total. The Morgan fingerprint density at radius 3 is 2.74 bits per heavy atom. The van der Waals surface area contributed by atoms with Gasteiger partial charge in [-0.05, 0) is 18.3 Å². The Kier molecular flexibility index (Phi) is 2.81. The zero-order chi connectivity index (χ0) is 13.4. The molecule has 4 unspecified atom stereocenters. The number of aliphatic carboxylic acids is 1. The first-order valence-corrected chi connectivity index (χ1v) is 6.11. The average Bonchev–Trinajstić information content (AvgIpc) is 3.10. The minimum Gasteiger partial charge on any atom is -0.481 e. The molecule has 7 heteroatoms. The SMILES string of the molecule is O=C(O)C1C2C=CC(C2)C1C(=O)NCc1ncon1. The van der Waals surface area contributed by atoms with Crippen molar-refractivity contribution < 1.29 is 19.2 Å². The molecule has 1 saturated carbocycles. The smallest absolute Gasteiger partial charge is 0.307 e. The quantitative estimate of drug-likeness (QED) is 0.752. The number of carbonyl (C=O) groups excluding carboxylic acids is 1. The van der Waals surface area contributed by atoms with E-state index in [0.29, 0.717) is 5.82 Å². The molecule has 3 rings (SSSR count). The summed E-state index contributed by atoms with van der Waals surface area (Å²) >= 11 is 0. The van der Waals surface area contributed by atoms with E-state index in [-0.39, 0.29) is 24.3 Å². The molecule has 0 aliphatic heterocycles. The number of carboxylic acid groups (broad SMARTS) is 1. The van der Waals surface area contributed by atoms with Crippen molar-refractivity contribution in [1.29, 1.82) is 0 Å². The number of nitrogens with zero attached hydrogens (tertiary/aromatic N) is 2. The normalized spacial score (nSPS) is 31.6. The second-order valence-electron chi connectivity index (χ2n) is 4.90. The largest absolute Gasteiger partial charge is 0.481 e. The molecule has 1 amide bonds. The lowest BCUT2D eigenvalue weighted by Crippen LogP contribution is -2.40. The van der Waals surface area contributed by atoms with Crippen molar-refractivity contribution in [2.75, 3.05) is 0 Å². The molecule has 4 atom stereocenters. The van der Waals surface area contributed by atoms with E-state index in [1.807, 2.05) is 12.2 Å². The lowest BCUT2D eigenvalue weighted by molar-refractivity contribution is -0.147. The van der Waals surface area contributed by atoms with Gasteiger partial charge < -0.3 is 14.9 Å². The van der Waals surface area contributed by atoms with Gasteiger partial charge in [0.25, 0.3) is 0 Å². The molecule has 2 N–H and O–H groups in total. The molecule has 1 fully saturated rings. The van der Waals surface area contributed by atoms with Gasteiger partial charge >= 0.3 is 5.97 Å². The van der Waals surface area contributed by atoms with E-state index in [9.17, 15) is 14.7 Å². The van der Waals surface area contributed by atoms with Crippen LogP contribution in [0.3, 0.4) is 0 Å². The molecule has 19 heavy (non-hydrogen) atoms. The summed E-state index contributed by atoms with van der Waals surface area (Å²) in [6.45, 7) is 0.152. The Bertz CT molecular complexity index is 525. The fourth-order valence-corrected chi connectivity index (χ4v) is 3.07. The van der Waals surface area contributed by atoms with Crippen molar-refractivity contribution in [1.82, 2.24) is 15.5 Å². The molecule has 2 aliphatic rings. The highest BCUT2D eigenvalue weighted by atomic mass is 16.5. The van der Waals surface area contributed by atoms with Crippen LogP contribution < -0.4 is 5.32 Å². The van der Waals surface area contributed by atoms with E-state index >= 15 is 0 Å². The molecule has 1 aromatic heterocycles. The van der Waals surface area contributed by atoms with Crippen molar-refractivity contribution in [2.45, 2.75) is 13.0 Å². The minimum atomic E-state index is -0.906. The molecule has 0 aromatic carbocycles. The highest BCUT2D eigenvalue weighted by Gasteiger charge is 2.51. The summed E-state index contributed by atoms with van der Waals surface area (Å²) in [5.74, 6) is -1.91. The van der Waals surface area contributed by atoms with Gasteiger partial charge in [-0.1, -0.05) is 17.3 Å². The van der Waals surface area contributed by atoms with Gasteiger partial charge in [0.1, 0.15) is 0 Å². The number of carboxylic acids is 1. The van der Waals surface area contributed by atoms with Gasteiger partial charge in [0.2, 0.25) is 12.3 Å². The topological polar surface area (TPSA) is 105 Å². The third kappa shape index (κ3) is 2.00. The summed E-state index contributed by atoms with van der Waals surface area (Å²) in [4.78, 5) is 27.2. The number of amides is 1. The number of rotatable bonds is 4. The third-order valence-electron chi connectivity index (χ3n) is 3.87. The van der Waals surface area contributed by atoms with Crippen molar-refractivity contribution in [3.8, 4) is 0 Å². The van der Waals surface area contributed by atoms with E-state index in [1.54, 1.807) is 0 Å². The van der Waals surface area contributed by atoms with Crippen LogP contribution in [-0.4, -0.2) is 27.1 Å². The van der Waals surface area contributed by atoms with Crippen LogP contribution in [0.2, 0.25) is 0 Å². The first kappa shape index (κ1) is 11.9. The average molecular weight is 263 g/mol. The van der Waals surface area contributed by atoms with Crippen molar-refractivity contribution in [3.05, 3.63) is 24.4 Å². The van der Waals surface area contributed by atoms with E-state index in [2.05, 4.69) is 20.0 Å². The van der Waals surface area contributed by atoms with E-state index < -0.39 is 17.8 Å². The van der Waals surface area contributed by atoms with E-state index in [0.717, 1.165) is 6.42 Å². The number of hydrogen-bond acceptors (Lipinski definition) is 5.